The molecule has 0 amide bonds. The van der Waals surface area contributed by atoms with Crippen molar-refractivity contribution < 1.29 is 38.0 Å². The average molecular weight is 560 g/mol. The number of allylic oxidation sites excluding steroid dienone is 1. The molecule has 1 aromatic heterocycles. The fraction of sp³-hybridized carbons (Fsp3) is 0.552. The van der Waals surface area contributed by atoms with E-state index in [2.05, 4.69) is 28.9 Å². The molecule has 2 fully saturated rings. The van der Waals surface area contributed by atoms with Gasteiger partial charge in [-0.05, 0) is 71.9 Å². The summed E-state index contributed by atoms with van der Waals surface area (Å²) in [6.07, 6.45) is -0.682. The van der Waals surface area contributed by atoms with Crippen molar-refractivity contribution in [1.82, 2.24) is 15.0 Å². The van der Waals surface area contributed by atoms with E-state index in [1.807, 2.05) is 6.92 Å². The van der Waals surface area contributed by atoms with Crippen LogP contribution < -0.4 is 4.74 Å². The first-order chi connectivity index (χ1) is 18.7. The quantitative estimate of drug-likeness (QED) is 0.487. The zero-order chi connectivity index (χ0) is 29.0. The lowest BCUT2D eigenvalue weighted by molar-refractivity contribution is -0.274. The number of Topliss-reactive ketones (excluding diaryl/α,β-unsaturated/α-hetero) is 1. The minimum Gasteiger partial charge on any atom is -0.406 e. The number of aliphatic hydroxyl groups is 3. The van der Waals surface area contributed by atoms with E-state index in [0.717, 1.165) is 12.1 Å². The molecule has 11 heteroatoms. The summed E-state index contributed by atoms with van der Waals surface area (Å²) in [5.74, 6) is -1.09. The Kier molecular flexibility index (Phi) is 5.77. The minimum atomic E-state index is -4.81. The first kappa shape index (κ1) is 27.2. The van der Waals surface area contributed by atoms with E-state index < -0.39 is 42.0 Å². The first-order valence-corrected chi connectivity index (χ1v) is 13.4. The molecule has 8 atom stereocenters. The van der Waals surface area contributed by atoms with Crippen LogP contribution >= 0.6 is 0 Å². The highest BCUT2D eigenvalue weighted by Gasteiger charge is 2.76. The normalized spacial score (nSPS) is 38.0. The second kappa shape index (κ2) is 8.50. The number of aromatic nitrogens is 3. The molecule has 0 aliphatic heterocycles. The van der Waals surface area contributed by atoms with Crippen molar-refractivity contribution in [3.8, 4) is 17.0 Å². The van der Waals surface area contributed by atoms with Gasteiger partial charge < -0.3 is 20.1 Å². The molecule has 214 valence electrons. The van der Waals surface area contributed by atoms with Crippen LogP contribution in [0.2, 0.25) is 0 Å². The number of hydrogen-bond donors (Lipinski definition) is 3. The van der Waals surface area contributed by atoms with Crippen LogP contribution in [0.3, 0.4) is 0 Å². The number of aliphatic hydroxyl groups excluding tert-OH is 2. The van der Waals surface area contributed by atoms with Gasteiger partial charge in [-0.25, -0.2) is 4.68 Å². The highest BCUT2D eigenvalue weighted by molar-refractivity contribution is 5.95. The molecule has 8 nitrogen and oxygen atoms in total. The monoisotopic (exact) mass is 559 g/mol. The summed E-state index contributed by atoms with van der Waals surface area (Å²) >= 11 is 0. The number of hydrogen-bond acceptors (Lipinski definition) is 7. The van der Waals surface area contributed by atoms with Gasteiger partial charge in [0.25, 0.3) is 0 Å². The highest BCUT2D eigenvalue weighted by Crippen LogP contribution is 2.72. The first-order valence-electron chi connectivity index (χ1n) is 13.4. The van der Waals surface area contributed by atoms with Crippen molar-refractivity contribution in [3.63, 3.8) is 0 Å². The molecule has 2 bridgehead atoms. The third-order valence-corrected chi connectivity index (χ3v) is 10.1. The largest absolute Gasteiger partial charge is 0.573 e. The average Bonchev–Trinajstić information content (AvgIpc) is 3.17. The number of alkyl halides is 3. The van der Waals surface area contributed by atoms with Crippen LogP contribution in [0, 0.1) is 34.5 Å². The summed E-state index contributed by atoms with van der Waals surface area (Å²) in [7, 11) is 0. The number of halogens is 3. The van der Waals surface area contributed by atoms with Gasteiger partial charge in [-0.15, -0.1) is 18.3 Å². The Morgan fingerprint density at radius 3 is 2.50 bits per heavy atom. The van der Waals surface area contributed by atoms with Crippen molar-refractivity contribution in [2.75, 3.05) is 6.61 Å². The number of nitrogens with zero attached hydrogens (tertiary/aromatic N) is 3. The molecule has 6 rings (SSSR count). The molecule has 2 saturated carbocycles. The van der Waals surface area contributed by atoms with E-state index >= 15 is 0 Å². The molecule has 40 heavy (non-hydrogen) atoms. The van der Waals surface area contributed by atoms with Gasteiger partial charge in [-0.3, -0.25) is 4.79 Å². The smallest absolute Gasteiger partial charge is 0.406 e. The van der Waals surface area contributed by atoms with Crippen molar-refractivity contribution in [2.45, 2.75) is 58.2 Å². The SMILES string of the molecule is CC1=C[C@]23C(=O)[C@@H](C=C(CO)[C@@H](O)[C@]2(O)[C@H]1n1cc(-c2ccc(OC(F)(F)F)cc2)nn1)[C@H]1[C@@H](C[C@H]3C)C1(C)C. The lowest BCUT2D eigenvalue weighted by atomic mass is 9.58. The van der Waals surface area contributed by atoms with Crippen LogP contribution in [0.1, 0.15) is 40.2 Å². The molecule has 2 aromatic rings. The molecule has 4 aliphatic carbocycles. The number of ketones is 1. The van der Waals surface area contributed by atoms with Gasteiger partial charge in [0.15, 0.2) is 5.78 Å². The fourth-order valence-electron chi connectivity index (χ4n) is 8.20. The van der Waals surface area contributed by atoms with Gasteiger partial charge >= 0.3 is 6.36 Å². The van der Waals surface area contributed by atoms with Crippen molar-refractivity contribution >= 4 is 5.78 Å². The van der Waals surface area contributed by atoms with E-state index in [1.165, 1.54) is 23.0 Å². The van der Waals surface area contributed by atoms with Crippen molar-refractivity contribution in [2.24, 2.45) is 34.5 Å². The lowest BCUT2D eigenvalue weighted by Gasteiger charge is -2.49. The Morgan fingerprint density at radius 1 is 1.20 bits per heavy atom. The predicted molar refractivity (Wildman–Crippen MR) is 137 cm³/mol. The molecular weight excluding hydrogens is 527 g/mol. The van der Waals surface area contributed by atoms with Gasteiger partial charge in [0.1, 0.15) is 29.2 Å². The zero-order valence-corrected chi connectivity index (χ0v) is 22.6. The van der Waals surface area contributed by atoms with Gasteiger partial charge in [0, 0.05) is 11.5 Å². The van der Waals surface area contributed by atoms with Crippen LogP contribution in [0.5, 0.6) is 5.75 Å². The minimum absolute atomic E-state index is 0.0490. The fourth-order valence-corrected chi connectivity index (χ4v) is 8.20. The molecule has 1 spiro atoms. The van der Waals surface area contributed by atoms with Crippen LogP contribution in [0.25, 0.3) is 11.3 Å². The van der Waals surface area contributed by atoms with E-state index in [4.69, 9.17) is 0 Å². The topological polar surface area (TPSA) is 118 Å². The second-order valence-corrected chi connectivity index (χ2v) is 12.4. The van der Waals surface area contributed by atoms with Crippen LogP contribution in [0.4, 0.5) is 13.2 Å². The van der Waals surface area contributed by atoms with Crippen LogP contribution in [-0.2, 0) is 4.79 Å². The Hall–Kier alpha value is -3.02. The molecule has 3 N–H and O–H groups in total. The number of fused-ring (bicyclic) bond motifs is 3. The summed E-state index contributed by atoms with van der Waals surface area (Å²) in [5.41, 5.74) is -1.96. The summed E-state index contributed by atoms with van der Waals surface area (Å²) < 4.78 is 43.0. The third-order valence-electron chi connectivity index (χ3n) is 10.1. The highest BCUT2D eigenvalue weighted by atomic mass is 19.4. The van der Waals surface area contributed by atoms with Gasteiger partial charge in [-0.2, -0.15) is 0 Å². The standard InChI is InChI=1S/C29H32F3N3O5/c1-14-11-27-15(2)9-20-22(26(20,3)4)19(25(27)38)10-17(13-36)24(37)28(27,39)23(14)35-12-21(33-34-35)16-5-7-18(8-6-16)40-29(30,31)32/h5-8,10-12,15,19-20,22-24,36-37,39H,9,13H2,1-4H3/t15-,19+,20-,22+,23+,24-,27+,28-/m1/s1. The number of ether oxygens (including phenoxy) is 1. The van der Waals surface area contributed by atoms with Crippen LogP contribution in [-0.4, -0.2) is 60.8 Å². The summed E-state index contributed by atoms with van der Waals surface area (Å²) in [6.45, 7) is 7.47. The molecule has 0 unspecified atom stereocenters. The maximum atomic E-state index is 14.5. The number of benzene rings is 1. The lowest BCUT2D eigenvalue weighted by Crippen LogP contribution is -2.63. The molecule has 0 saturated heterocycles. The zero-order valence-electron chi connectivity index (χ0n) is 22.6. The van der Waals surface area contributed by atoms with Crippen molar-refractivity contribution in [3.05, 3.63) is 53.8 Å². The van der Waals surface area contributed by atoms with Gasteiger partial charge in [0.2, 0.25) is 0 Å². The maximum absolute atomic E-state index is 14.5. The Labute approximate surface area is 229 Å². The summed E-state index contributed by atoms with van der Waals surface area (Å²) in [4.78, 5) is 14.5. The predicted octanol–water partition coefficient (Wildman–Crippen LogP) is 3.85. The van der Waals surface area contributed by atoms with Crippen LogP contribution in [0.15, 0.2) is 53.8 Å². The Bertz CT molecular complexity index is 1430. The molecule has 1 heterocycles. The van der Waals surface area contributed by atoms with E-state index in [0.29, 0.717) is 23.3 Å². The number of carbonyl (C=O) groups is 1. The van der Waals surface area contributed by atoms with Gasteiger partial charge in [0.05, 0.1) is 18.2 Å². The van der Waals surface area contributed by atoms with E-state index in [9.17, 15) is 33.3 Å². The maximum Gasteiger partial charge on any atom is 0.573 e. The summed E-state index contributed by atoms with van der Waals surface area (Å²) in [6, 6.07) is 4.16. The molecular formula is C29H32F3N3O5. The second-order valence-electron chi connectivity index (χ2n) is 12.4. The summed E-state index contributed by atoms with van der Waals surface area (Å²) in [5, 5.41) is 43.1. The Morgan fingerprint density at radius 2 is 1.88 bits per heavy atom. The Balaban J connectivity index is 1.42. The number of rotatable bonds is 4. The van der Waals surface area contributed by atoms with Gasteiger partial charge in [-0.1, -0.05) is 38.1 Å². The third kappa shape index (κ3) is 3.53. The number of carbonyl (C=O) groups excluding carboxylic acids is 1. The molecule has 1 aromatic carbocycles. The molecule has 0 radical (unpaired) electrons. The van der Waals surface area contributed by atoms with E-state index in [-0.39, 0.29) is 40.3 Å². The van der Waals surface area contributed by atoms with E-state index in [1.54, 1.807) is 19.1 Å². The van der Waals surface area contributed by atoms with Crippen molar-refractivity contribution in [1.29, 1.82) is 0 Å². The molecule has 4 aliphatic rings.